The highest BCUT2D eigenvalue weighted by Gasteiger charge is 2.32. The molecule has 1 aromatic carbocycles. The molecule has 2 saturated heterocycles. The molecule has 2 aromatic heterocycles. The van der Waals surface area contributed by atoms with Crippen molar-refractivity contribution in [2.75, 3.05) is 50.5 Å². The number of nitrogens with zero attached hydrogens (tertiary/aromatic N) is 7. The molecule has 3 aliphatic rings. The first-order chi connectivity index (χ1) is 20.5. The van der Waals surface area contributed by atoms with E-state index in [1.807, 2.05) is 17.0 Å². The van der Waals surface area contributed by atoms with Crippen molar-refractivity contribution in [2.24, 2.45) is 0 Å². The first-order valence-electron chi connectivity index (χ1n) is 14.5. The number of rotatable bonds is 7. The second kappa shape index (κ2) is 12.2. The van der Waals surface area contributed by atoms with E-state index >= 15 is 4.39 Å². The third-order valence-corrected chi connectivity index (χ3v) is 9.74. The zero-order valence-corrected chi connectivity index (χ0v) is 24.6. The van der Waals surface area contributed by atoms with Crippen molar-refractivity contribution >= 4 is 34.4 Å². The molecule has 218 valence electrons. The second-order valence-corrected chi connectivity index (χ2v) is 12.1. The molecule has 0 bridgehead atoms. The molecule has 0 spiro atoms. The molecular weight excluding hydrogens is 553 g/mol. The Morgan fingerprint density at radius 1 is 1.26 bits per heavy atom. The van der Waals surface area contributed by atoms with Crippen LogP contribution < -0.4 is 9.64 Å². The zero-order chi connectivity index (χ0) is 29.2. The normalized spacial score (nSPS) is 20.8. The molecule has 0 N–H and O–H groups in total. The van der Waals surface area contributed by atoms with Crippen LogP contribution in [0.5, 0.6) is 6.01 Å². The van der Waals surface area contributed by atoms with Crippen molar-refractivity contribution < 1.29 is 13.9 Å². The SMILES string of the molecule is C=CC(=O)N1CCN(c2nc(OCC3CCCN3C)nc3c(F)c(-c4cccc5c4SCCC5)ncc23)CC1CC#N. The molecule has 9 nitrogen and oxygen atoms in total. The van der Waals surface area contributed by atoms with E-state index in [0.717, 1.165) is 48.4 Å². The standard InChI is InChI=1S/C31H34FN7O2S/c1-3-25(40)39-15-14-38(18-21(39)11-12-33)30-24-17-34-27(23-10-4-7-20-8-6-16-42-29(20)23)26(32)28(24)35-31(36-30)41-19-22-9-5-13-37(22)2/h3-4,7,10,17,21-22H,1,5-6,8-9,11,13-16,18-19H2,2H3. The number of carbonyl (C=O) groups excluding carboxylic acids is 1. The van der Waals surface area contributed by atoms with Crippen LogP contribution in [0.4, 0.5) is 10.2 Å². The van der Waals surface area contributed by atoms with Crippen molar-refractivity contribution in [3.8, 4) is 23.3 Å². The van der Waals surface area contributed by atoms with Crippen LogP contribution in [0.25, 0.3) is 22.2 Å². The van der Waals surface area contributed by atoms with E-state index in [2.05, 4.69) is 40.6 Å². The predicted molar refractivity (Wildman–Crippen MR) is 161 cm³/mol. The van der Waals surface area contributed by atoms with E-state index in [1.165, 1.54) is 11.6 Å². The number of ether oxygens (including phenoxy) is 1. The Hall–Kier alpha value is -3.75. The van der Waals surface area contributed by atoms with Crippen molar-refractivity contribution in [3.05, 3.63) is 48.4 Å². The van der Waals surface area contributed by atoms with Crippen LogP contribution in [0.1, 0.15) is 31.2 Å². The highest BCUT2D eigenvalue weighted by molar-refractivity contribution is 7.99. The lowest BCUT2D eigenvalue weighted by molar-refractivity contribution is -0.128. The van der Waals surface area contributed by atoms with Gasteiger partial charge in [0.15, 0.2) is 5.82 Å². The molecule has 2 unspecified atom stereocenters. The van der Waals surface area contributed by atoms with E-state index in [0.29, 0.717) is 37.4 Å². The molecule has 42 heavy (non-hydrogen) atoms. The molecule has 3 aliphatic heterocycles. The zero-order valence-electron chi connectivity index (χ0n) is 23.8. The number of hydrogen-bond donors (Lipinski definition) is 0. The van der Waals surface area contributed by atoms with Crippen molar-refractivity contribution in [1.82, 2.24) is 24.8 Å². The number of anilines is 1. The van der Waals surface area contributed by atoms with Crippen LogP contribution in [0.2, 0.25) is 0 Å². The summed E-state index contributed by atoms with van der Waals surface area (Å²) in [6.45, 7) is 6.21. The van der Waals surface area contributed by atoms with Gasteiger partial charge in [-0.25, -0.2) is 4.39 Å². The van der Waals surface area contributed by atoms with Crippen molar-refractivity contribution in [1.29, 1.82) is 5.26 Å². The van der Waals surface area contributed by atoms with Gasteiger partial charge in [0.25, 0.3) is 0 Å². The number of nitriles is 1. The lowest BCUT2D eigenvalue weighted by Gasteiger charge is -2.41. The Morgan fingerprint density at radius 2 is 2.14 bits per heavy atom. The molecule has 3 aromatic rings. The van der Waals surface area contributed by atoms with Gasteiger partial charge in [-0.2, -0.15) is 15.2 Å². The lowest BCUT2D eigenvalue weighted by Crippen LogP contribution is -2.55. The summed E-state index contributed by atoms with van der Waals surface area (Å²) in [6.07, 6.45) is 7.26. The van der Waals surface area contributed by atoms with Gasteiger partial charge in [-0.3, -0.25) is 9.78 Å². The minimum Gasteiger partial charge on any atom is -0.462 e. The number of aromatic nitrogens is 3. The van der Waals surface area contributed by atoms with Gasteiger partial charge in [0.1, 0.15) is 23.6 Å². The fourth-order valence-electron chi connectivity index (χ4n) is 6.19. The number of halogens is 1. The molecule has 0 radical (unpaired) electrons. The summed E-state index contributed by atoms with van der Waals surface area (Å²) >= 11 is 1.74. The first kappa shape index (κ1) is 28.4. The van der Waals surface area contributed by atoms with E-state index in [4.69, 9.17) is 9.72 Å². The predicted octanol–water partition coefficient (Wildman–Crippen LogP) is 4.46. The number of aryl methyl sites for hydroxylation is 1. The van der Waals surface area contributed by atoms with Crippen LogP contribution in [-0.2, 0) is 11.2 Å². The Kier molecular flexibility index (Phi) is 8.27. The highest BCUT2D eigenvalue weighted by atomic mass is 32.2. The molecule has 2 atom stereocenters. The summed E-state index contributed by atoms with van der Waals surface area (Å²) in [6, 6.07) is 8.17. The number of fused-ring (bicyclic) bond motifs is 2. The van der Waals surface area contributed by atoms with Gasteiger partial charge in [-0.1, -0.05) is 24.8 Å². The molecule has 1 amide bonds. The summed E-state index contributed by atoms with van der Waals surface area (Å²) < 4.78 is 22.6. The van der Waals surface area contributed by atoms with Gasteiger partial charge in [0.05, 0.1) is 23.9 Å². The quantitative estimate of drug-likeness (QED) is 0.371. The highest BCUT2D eigenvalue weighted by Crippen LogP contribution is 2.40. The topological polar surface area (TPSA) is 98.5 Å². The maximum absolute atomic E-state index is 16.5. The van der Waals surface area contributed by atoms with Crippen LogP contribution in [0.3, 0.4) is 0 Å². The summed E-state index contributed by atoms with van der Waals surface area (Å²) in [7, 11) is 2.07. The van der Waals surface area contributed by atoms with Gasteiger partial charge < -0.3 is 19.4 Å². The summed E-state index contributed by atoms with van der Waals surface area (Å²) in [5, 5.41) is 9.95. The maximum atomic E-state index is 16.5. The molecule has 6 rings (SSSR count). The Bertz CT molecular complexity index is 1560. The third kappa shape index (κ3) is 5.41. The minimum atomic E-state index is -0.507. The fourth-order valence-corrected chi connectivity index (χ4v) is 7.35. The van der Waals surface area contributed by atoms with Crippen molar-refractivity contribution in [3.63, 3.8) is 0 Å². The van der Waals surface area contributed by atoms with Gasteiger partial charge in [-0.05, 0) is 56.7 Å². The summed E-state index contributed by atoms with van der Waals surface area (Å²) in [4.78, 5) is 33.4. The van der Waals surface area contributed by atoms with E-state index in [1.54, 1.807) is 22.9 Å². The molecular formula is C31H34FN7O2S. The lowest BCUT2D eigenvalue weighted by atomic mass is 10.0. The number of thioether (sulfide) groups is 1. The Labute approximate surface area is 249 Å². The number of hydrogen-bond acceptors (Lipinski definition) is 9. The maximum Gasteiger partial charge on any atom is 0.319 e. The molecule has 0 aliphatic carbocycles. The number of likely N-dealkylation sites (N-methyl/N-ethyl adjacent to an activating group) is 1. The number of carbonyl (C=O) groups is 1. The minimum absolute atomic E-state index is 0.111. The van der Waals surface area contributed by atoms with E-state index < -0.39 is 5.82 Å². The summed E-state index contributed by atoms with van der Waals surface area (Å²) in [5.74, 6) is 0.760. The largest absolute Gasteiger partial charge is 0.462 e. The molecule has 0 saturated carbocycles. The first-order valence-corrected chi connectivity index (χ1v) is 15.5. The number of pyridine rings is 1. The monoisotopic (exact) mass is 587 g/mol. The Balaban J connectivity index is 1.42. The molecule has 11 heteroatoms. The number of amides is 1. The fraction of sp³-hybridized carbons (Fsp3) is 0.452. The van der Waals surface area contributed by atoms with Crippen LogP contribution in [-0.4, -0.2) is 88.3 Å². The third-order valence-electron chi connectivity index (χ3n) is 8.48. The molecule has 2 fully saturated rings. The van der Waals surface area contributed by atoms with Crippen LogP contribution >= 0.6 is 11.8 Å². The van der Waals surface area contributed by atoms with Crippen LogP contribution in [0.15, 0.2) is 41.9 Å². The number of piperazine rings is 1. The average molecular weight is 588 g/mol. The van der Waals surface area contributed by atoms with Gasteiger partial charge >= 0.3 is 6.01 Å². The Morgan fingerprint density at radius 3 is 2.93 bits per heavy atom. The second-order valence-electron chi connectivity index (χ2n) is 11.0. The summed E-state index contributed by atoms with van der Waals surface area (Å²) in [5.41, 5.74) is 2.41. The average Bonchev–Trinajstić information content (AvgIpc) is 3.44. The number of benzene rings is 1. The number of likely N-dealkylation sites (tertiary alicyclic amines) is 1. The van der Waals surface area contributed by atoms with Gasteiger partial charge in [0.2, 0.25) is 5.91 Å². The van der Waals surface area contributed by atoms with E-state index in [9.17, 15) is 10.1 Å². The van der Waals surface area contributed by atoms with Crippen LogP contribution in [0, 0.1) is 17.1 Å². The van der Waals surface area contributed by atoms with Gasteiger partial charge in [-0.15, -0.1) is 11.8 Å². The molecule has 5 heterocycles. The van der Waals surface area contributed by atoms with Crippen molar-refractivity contribution in [2.45, 2.75) is 49.1 Å². The van der Waals surface area contributed by atoms with Gasteiger partial charge in [0, 0.05) is 42.3 Å². The smallest absolute Gasteiger partial charge is 0.319 e. The van der Waals surface area contributed by atoms with E-state index in [-0.39, 0.29) is 41.6 Å².